The van der Waals surface area contributed by atoms with Gasteiger partial charge in [0.2, 0.25) is 10.0 Å². The summed E-state index contributed by atoms with van der Waals surface area (Å²) in [6, 6.07) is 14.4. The van der Waals surface area contributed by atoms with Gasteiger partial charge in [0, 0.05) is 19.6 Å². The zero-order valence-electron chi connectivity index (χ0n) is 17.6. The molecule has 1 aliphatic heterocycles. The van der Waals surface area contributed by atoms with Crippen molar-refractivity contribution >= 4 is 15.9 Å². The molecule has 1 fully saturated rings. The summed E-state index contributed by atoms with van der Waals surface area (Å²) in [5.74, 6) is 0.141. The number of hydrogen-bond acceptors (Lipinski definition) is 4. The Hall–Kier alpha value is -2.38. The molecule has 1 aliphatic rings. The number of amides is 1. The molecule has 1 saturated heterocycles. The van der Waals surface area contributed by atoms with Crippen molar-refractivity contribution < 1.29 is 17.9 Å². The number of carbonyl (C=O) groups is 1. The molecule has 2 aromatic carbocycles. The SMILES string of the molecule is COc1ccc(S(=O)(=O)N2CCCCCC2)cc1C(=O)NCC(C)c1ccccc1. The van der Waals surface area contributed by atoms with E-state index in [0.717, 1.165) is 31.2 Å². The molecule has 0 spiro atoms. The predicted molar refractivity (Wildman–Crippen MR) is 117 cm³/mol. The Bertz CT molecular complexity index is 952. The summed E-state index contributed by atoms with van der Waals surface area (Å²) in [6.45, 7) is 3.51. The van der Waals surface area contributed by atoms with E-state index < -0.39 is 10.0 Å². The fourth-order valence-electron chi connectivity index (χ4n) is 3.70. The highest BCUT2D eigenvalue weighted by atomic mass is 32.2. The largest absolute Gasteiger partial charge is 0.496 e. The maximum atomic E-state index is 13.1. The second kappa shape index (κ2) is 10.1. The number of hydrogen-bond donors (Lipinski definition) is 1. The van der Waals surface area contributed by atoms with Crippen LogP contribution in [-0.4, -0.2) is 45.4 Å². The topological polar surface area (TPSA) is 75.7 Å². The van der Waals surface area contributed by atoms with Crippen LogP contribution in [0.2, 0.25) is 0 Å². The van der Waals surface area contributed by atoms with Gasteiger partial charge in [0.1, 0.15) is 5.75 Å². The second-order valence-electron chi connectivity index (χ2n) is 7.70. The van der Waals surface area contributed by atoms with Gasteiger partial charge >= 0.3 is 0 Å². The summed E-state index contributed by atoms with van der Waals surface area (Å²) in [7, 11) is -2.17. The van der Waals surface area contributed by atoms with Crippen molar-refractivity contribution in [1.29, 1.82) is 0 Å². The molecular weight excluding hydrogens is 400 g/mol. The zero-order valence-corrected chi connectivity index (χ0v) is 18.5. The van der Waals surface area contributed by atoms with Crippen molar-refractivity contribution in [2.75, 3.05) is 26.7 Å². The fraction of sp³-hybridized carbons (Fsp3) is 0.435. The Morgan fingerprint density at radius 2 is 1.73 bits per heavy atom. The van der Waals surface area contributed by atoms with Gasteiger partial charge in [-0.2, -0.15) is 4.31 Å². The van der Waals surface area contributed by atoms with Crippen LogP contribution in [0.3, 0.4) is 0 Å². The molecular formula is C23H30N2O4S. The lowest BCUT2D eigenvalue weighted by atomic mass is 10.0. The lowest BCUT2D eigenvalue weighted by Gasteiger charge is -2.21. The van der Waals surface area contributed by atoms with E-state index in [1.165, 1.54) is 23.5 Å². The minimum atomic E-state index is -3.64. The average molecular weight is 431 g/mol. The quantitative estimate of drug-likeness (QED) is 0.725. The molecule has 0 radical (unpaired) electrons. The lowest BCUT2D eigenvalue weighted by Crippen LogP contribution is -2.32. The van der Waals surface area contributed by atoms with Gasteiger partial charge in [-0.15, -0.1) is 0 Å². The van der Waals surface area contributed by atoms with Gasteiger partial charge in [-0.25, -0.2) is 8.42 Å². The van der Waals surface area contributed by atoms with Gasteiger partial charge < -0.3 is 10.1 Å². The Morgan fingerprint density at radius 1 is 1.07 bits per heavy atom. The number of benzene rings is 2. The highest BCUT2D eigenvalue weighted by Crippen LogP contribution is 2.26. The summed E-state index contributed by atoms with van der Waals surface area (Å²) >= 11 is 0. The standard InChI is InChI=1S/C23H30N2O4S/c1-18(19-10-6-5-7-11-19)17-24-23(26)21-16-20(12-13-22(21)29-2)30(27,28)25-14-8-3-4-9-15-25/h5-7,10-13,16,18H,3-4,8-9,14-15,17H2,1-2H3,(H,24,26). The first-order valence-corrected chi connectivity index (χ1v) is 11.9. The third-order valence-corrected chi connectivity index (χ3v) is 7.45. The van der Waals surface area contributed by atoms with Crippen LogP contribution >= 0.6 is 0 Å². The summed E-state index contributed by atoms with van der Waals surface area (Å²) in [5.41, 5.74) is 1.36. The minimum Gasteiger partial charge on any atom is -0.496 e. The van der Waals surface area contributed by atoms with Gasteiger partial charge in [-0.05, 0) is 42.5 Å². The first-order chi connectivity index (χ1) is 14.4. The van der Waals surface area contributed by atoms with Gasteiger partial charge in [0.15, 0.2) is 0 Å². The highest BCUT2D eigenvalue weighted by Gasteiger charge is 2.27. The van der Waals surface area contributed by atoms with Crippen molar-refractivity contribution in [2.24, 2.45) is 0 Å². The van der Waals surface area contributed by atoms with E-state index in [0.29, 0.717) is 25.4 Å². The number of rotatable bonds is 7. The van der Waals surface area contributed by atoms with E-state index in [1.54, 1.807) is 6.07 Å². The molecule has 7 heteroatoms. The molecule has 3 rings (SSSR count). The van der Waals surface area contributed by atoms with Crippen LogP contribution in [0, 0.1) is 0 Å². The Balaban J connectivity index is 1.79. The van der Waals surface area contributed by atoms with Crippen LogP contribution in [0.4, 0.5) is 0 Å². The molecule has 0 aliphatic carbocycles. The number of carbonyl (C=O) groups excluding carboxylic acids is 1. The van der Waals surface area contributed by atoms with E-state index in [9.17, 15) is 13.2 Å². The number of sulfonamides is 1. The predicted octanol–water partition coefficient (Wildman–Crippen LogP) is 3.79. The first-order valence-electron chi connectivity index (χ1n) is 10.4. The van der Waals surface area contributed by atoms with E-state index in [1.807, 2.05) is 37.3 Å². The monoisotopic (exact) mass is 430 g/mol. The van der Waals surface area contributed by atoms with E-state index in [-0.39, 0.29) is 22.3 Å². The molecule has 0 bridgehead atoms. The Labute approximate surface area is 179 Å². The van der Waals surface area contributed by atoms with Crippen molar-refractivity contribution in [3.63, 3.8) is 0 Å². The van der Waals surface area contributed by atoms with Crippen LogP contribution in [0.15, 0.2) is 53.4 Å². The molecule has 1 amide bonds. The third-order valence-electron chi connectivity index (χ3n) is 5.56. The van der Waals surface area contributed by atoms with Gasteiger partial charge in [0.25, 0.3) is 5.91 Å². The van der Waals surface area contributed by atoms with E-state index in [2.05, 4.69) is 5.32 Å². The highest BCUT2D eigenvalue weighted by molar-refractivity contribution is 7.89. The number of nitrogens with one attached hydrogen (secondary N) is 1. The van der Waals surface area contributed by atoms with Crippen LogP contribution in [0.25, 0.3) is 0 Å². The molecule has 2 aromatic rings. The molecule has 30 heavy (non-hydrogen) atoms. The van der Waals surface area contributed by atoms with Crippen molar-refractivity contribution in [2.45, 2.75) is 43.4 Å². The smallest absolute Gasteiger partial charge is 0.255 e. The van der Waals surface area contributed by atoms with Crippen molar-refractivity contribution in [3.8, 4) is 5.75 Å². The van der Waals surface area contributed by atoms with Gasteiger partial charge in [-0.3, -0.25) is 4.79 Å². The Morgan fingerprint density at radius 3 is 2.37 bits per heavy atom. The summed E-state index contributed by atoms with van der Waals surface area (Å²) in [5, 5.41) is 2.91. The summed E-state index contributed by atoms with van der Waals surface area (Å²) in [4.78, 5) is 13.0. The average Bonchev–Trinajstić information content (AvgIpc) is 3.07. The normalized spacial score (nSPS) is 16.5. The molecule has 6 nitrogen and oxygen atoms in total. The molecule has 0 aromatic heterocycles. The number of nitrogens with zero attached hydrogens (tertiary/aromatic N) is 1. The van der Waals surface area contributed by atoms with Crippen molar-refractivity contribution in [3.05, 3.63) is 59.7 Å². The third kappa shape index (κ3) is 5.21. The summed E-state index contributed by atoms with van der Waals surface area (Å²) < 4.78 is 33.1. The van der Waals surface area contributed by atoms with Crippen LogP contribution in [-0.2, 0) is 10.0 Å². The van der Waals surface area contributed by atoms with Crippen LogP contribution in [0.5, 0.6) is 5.75 Å². The van der Waals surface area contributed by atoms with Gasteiger partial charge in [-0.1, -0.05) is 50.1 Å². The van der Waals surface area contributed by atoms with Crippen LogP contribution < -0.4 is 10.1 Å². The molecule has 1 N–H and O–H groups in total. The lowest BCUT2D eigenvalue weighted by molar-refractivity contribution is 0.0948. The number of methoxy groups -OCH3 is 1. The molecule has 1 heterocycles. The maximum Gasteiger partial charge on any atom is 0.255 e. The molecule has 0 saturated carbocycles. The molecule has 1 atom stereocenters. The minimum absolute atomic E-state index is 0.130. The first kappa shape index (κ1) is 22.3. The van der Waals surface area contributed by atoms with E-state index in [4.69, 9.17) is 4.74 Å². The fourth-order valence-corrected chi connectivity index (χ4v) is 5.24. The van der Waals surface area contributed by atoms with Crippen molar-refractivity contribution in [1.82, 2.24) is 9.62 Å². The number of ether oxygens (including phenoxy) is 1. The second-order valence-corrected chi connectivity index (χ2v) is 9.64. The molecule has 162 valence electrons. The summed E-state index contributed by atoms with van der Waals surface area (Å²) in [6.07, 6.45) is 3.81. The maximum absolute atomic E-state index is 13.1. The van der Waals surface area contributed by atoms with E-state index >= 15 is 0 Å². The zero-order chi connectivity index (χ0) is 21.6. The Kier molecular flexibility index (Phi) is 7.50. The van der Waals surface area contributed by atoms with Crippen LogP contribution in [0.1, 0.15) is 54.4 Å². The van der Waals surface area contributed by atoms with Gasteiger partial charge in [0.05, 0.1) is 17.6 Å². The molecule has 1 unspecified atom stereocenters.